The molecule has 0 atom stereocenters. The highest BCUT2D eigenvalue weighted by Gasteiger charge is 2.21. The topological polar surface area (TPSA) is 69.2 Å². The maximum absolute atomic E-state index is 13.3. The van der Waals surface area contributed by atoms with Gasteiger partial charge in [0.25, 0.3) is 0 Å². The van der Waals surface area contributed by atoms with E-state index in [1.165, 1.54) is 12.1 Å². The molecule has 1 saturated heterocycles. The number of piperazine rings is 1. The third kappa shape index (κ3) is 6.60. The first-order valence-electron chi connectivity index (χ1n) is 11.0. The lowest BCUT2D eigenvalue weighted by atomic mass is 10.1. The first-order chi connectivity index (χ1) is 15.6. The predicted molar refractivity (Wildman–Crippen MR) is 126 cm³/mol. The average Bonchev–Trinajstić information content (AvgIpc) is 2.81. The van der Waals surface area contributed by atoms with Gasteiger partial charge < -0.3 is 25.2 Å². The van der Waals surface area contributed by atoms with Gasteiger partial charge in [0, 0.05) is 39.3 Å². The number of carbonyl (C=O) groups excluding carboxylic acids is 1. The Hall–Kier alpha value is -3.29. The molecule has 1 aliphatic rings. The highest BCUT2D eigenvalue weighted by molar-refractivity contribution is 5.81. The van der Waals surface area contributed by atoms with Crippen LogP contribution in [-0.2, 0) is 11.2 Å². The first kappa shape index (κ1) is 23.4. The van der Waals surface area contributed by atoms with E-state index in [0.717, 1.165) is 50.1 Å². The Balaban J connectivity index is 1.48. The number of carbonyl (C=O) groups is 1. The van der Waals surface area contributed by atoms with Gasteiger partial charge in [-0.25, -0.2) is 4.39 Å². The minimum Gasteiger partial charge on any atom is -0.495 e. The molecule has 2 aromatic rings. The van der Waals surface area contributed by atoms with Gasteiger partial charge in [-0.1, -0.05) is 24.3 Å². The number of anilines is 1. The smallest absolute Gasteiger partial charge is 0.224 e. The van der Waals surface area contributed by atoms with E-state index in [-0.39, 0.29) is 18.1 Å². The Morgan fingerprint density at radius 2 is 1.88 bits per heavy atom. The Morgan fingerprint density at radius 3 is 2.59 bits per heavy atom. The van der Waals surface area contributed by atoms with E-state index in [0.29, 0.717) is 18.7 Å². The third-order valence-corrected chi connectivity index (χ3v) is 5.29. The molecule has 7 nitrogen and oxygen atoms in total. The quantitative estimate of drug-likeness (QED) is 0.374. The zero-order valence-electron chi connectivity index (χ0n) is 18.8. The Morgan fingerprint density at radius 1 is 1.09 bits per heavy atom. The number of ether oxygens (including phenoxy) is 1. The van der Waals surface area contributed by atoms with Crippen LogP contribution in [0, 0.1) is 5.82 Å². The monoisotopic (exact) mass is 441 g/mol. The molecule has 1 aliphatic heterocycles. The van der Waals surface area contributed by atoms with Gasteiger partial charge in [-0.2, -0.15) is 0 Å². The van der Waals surface area contributed by atoms with E-state index < -0.39 is 0 Å². The van der Waals surface area contributed by atoms with Crippen molar-refractivity contribution < 1.29 is 13.9 Å². The highest BCUT2D eigenvalue weighted by Crippen LogP contribution is 2.28. The molecular weight excluding hydrogens is 409 g/mol. The standard InChI is InChI=1S/C24H32FN5O2/c1-3-26-24(28-12-11-27-23(31)18-19-7-6-8-20(25)17-19)30-15-13-29(14-16-30)21-9-4-5-10-22(21)32-2/h4-10,17H,3,11-16,18H2,1-2H3,(H,26,28)(H,27,31). The van der Waals surface area contributed by atoms with Crippen molar-refractivity contribution in [1.82, 2.24) is 15.5 Å². The molecule has 172 valence electrons. The zero-order valence-corrected chi connectivity index (χ0v) is 18.8. The Kier molecular flexibility index (Phi) is 8.71. The molecular formula is C24H32FN5O2. The Bertz CT molecular complexity index is 913. The summed E-state index contributed by atoms with van der Waals surface area (Å²) in [5.41, 5.74) is 1.77. The van der Waals surface area contributed by atoms with Crippen LogP contribution >= 0.6 is 0 Å². The SMILES string of the molecule is CCNC(=NCCNC(=O)Cc1cccc(F)c1)N1CCN(c2ccccc2OC)CC1. The van der Waals surface area contributed by atoms with Crippen LogP contribution in [0.15, 0.2) is 53.5 Å². The van der Waals surface area contributed by atoms with Crippen LogP contribution in [0.5, 0.6) is 5.75 Å². The van der Waals surface area contributed by atoms with Crippen molar-refractivity contribution >= 4 is 17.6 Å². The number of benzene rings is 2. The average molecular weight is 442 g/mol. The van der Waals surface area contributed by atoms with Crippen molar-refractivity contribution in [3.05, 3.63) is 59.9 Å². The zero-order chi connectivity index (χ0) is 22.8. The van der Waals surface area contributed by atoms with Crippen LogP contribution in [0.25, 0.3) is 0 Å². The second-order valence-corrected chi connectivity index (χ2v) is 7.54. The van der Waals surface area contributed by atoms with Crippen molar-refractivity contribution in [3.63, 3.8) is 0 Å². The van der Waals surface area contributed by atoms with Crippen molar-refractivity contribution in [2.75, 3.05) is 57.8 Å². The van der Waals surface area contributed by atoms with Gasteiger partial charge in [0.15, 0.2) is 5.96 Å². The fourth-order valence-electron chi connectivity index (χ4n) is 3.73. The van der Waals surface area contributed by atoms with E-state index in [4.69, 9.17) is 4.74 Å². The predicted octanol–water partition coefficient (Wildman–Crippen LogP) is 2.28. The summed E-state index contributed by atoms with van der Waals surface area (Å²) in [5.74, 6) is 1.27. The van der Waals surface area contributed by atoms with Crippen LogP contribution < -0.4 is 20.3 Å². The van der Waals surface area contributed by atoms with Crippen LogP contribution in [0.2, 0.25) is 0 Å². The van der Waals surface area contributed by atoms with Gasteiger partial charge in [-0.15, -0.1) is 0 Å². The summed E-state index contributed by atoms with van der Waals surface area (Å²) in [7, 11) is 1.70. The molecule has 0 unspecified atom stereocenters. The molecule has 8 heteroatoms. The van der Waals surface area contributed by atoms with E-state index in [1.54, 1.807) is 19.2 Å². The van der Waals surface area contributed by atoms with Crippen molar-refractivity contribution in [2.45, 2.75) is 13.3 Å². The minimum absolute atomic E-state index is 0.138. The molecule has 0 bridgehead atoms. The molecule has 1 heterocycles. The number of rotatable bonds is 8. The number of nitrogens with zero attached hydrogens (tertiary/aromatic N) is 3. The molecule has 1 amide bonds. The second kappa shape index (κ2) is 11.9. The van der Waals surface area contributed by atoms with Gasteiger partial charge in [0.2, 0.25) is 5.91 Å². The molecule has 0 radical (unpaired) electrons. The van der Waals surface area contributed by atoms with Gasteiger partial charge in [0.1, 0.15) is 11.6 Å². The maximum Gasteiger partial charge on any atom is 0.224 e. The largest absolute Gasteiger partial charge is 0.495 e. The number of hydrogen-bond donors (Lipinski definition) is 2. The number of halogens is 1. The number of amides is 1. The summed E-state index contributed by atoms with van der Waals surface area (Å²) in [4.78, 5) is 21.3. The molecule has 2 N–H and O–H groups in total. The molecule has 2 aromatic carbocycles. The summed E-state index contributed by atoms with van der Waals surface area (Å²) in [6.07, 6.45) is 0.159. The minimum atomic E-state index is -0.332. The molecule has 3 rings (SSSR count). The lowest BCUT2D eigenvalue weighted by molar-refractivity contribution is -0.120. The molecule has 0 aromatic heterocycles. The van der Waals surface area contributed by atoms with Gasteiger partial charge >= 0.3 is 0 Å². The van der Waals surface area contributed by atoms with Gasteiger partial charge in [0.05, 0.1) is 25.8 Å². The fourth-order valence-corrected chi connectivity index (χ4v) is 3.73. The molecule has 0 saturated carbocycles. The molecule has 32 heavy (non-hydrogen) atoms. The van der Waals surface area contributed by atoms with E-state index in [2.05, 4.69) is 31.5 Å². The number of para-hydroxylation sites is 2. The van der Waals surface area contributed by atoms with Crippen LogP contribution in [0.3, 0.4) is 0 Å². The van der Waals surface area contributed by atoms with Crippen LogP contribution in [0.4, 0.5) is 10.1 Å². The van der Waals surface area contributed by atoms with E-state index in [9.17, 15) is 9.18 Å². The maximum atomic E-state index is 13.3. The van der Waals surface area contributed by atoms with Crippen LogP contribution in [-0.4, -0.2) is 69.7 Å². The lowest BCUT2D eigenvalue weighted by Crippen LogP contribution is -2.52. The van der Waals surface area contributed by atoms with E-state index in [1.807, 2.05) is 25.1 Å². The van der Waals surface area contributed by atoms with Crippen molar-refractivity contribution in [1.29, 1.82) is 0 Å². The van der Waals surface area contributed by atoms with Gasteiger partial charge in [-0.3, -0.25) is 9.79 Å². The van der Waals surface area contributed by atoms with Crippen LogP contribution in [0.1, 0.15) is 12.5 Å². The number of nitrogens with one attached hydrogen (secondary N) is 2. The molecule has 0 spiro atoms. The molecule has 0 aliphatic carbocycles. The lowest BCUT2D eigenvalue weighted by Gasteiger charge is -2.38. The van der Waals surface area contributed by atoms with Crippen molar-refractivity contribution in [3.8, 4) is 5.75 Å². The van der Waals surface area contributed by atoms with E-state index >= 15 is 0 Å². The summed E-state index contributed by atoms with van der Waals surface area (Å²) >= 11 is 0. The molecule has 1 fully saturated rings. The number of hydrogen-bond acceptors (Lipinski definition) is 4. The summed E-state index contributed by atoms with van der Waals surface area (Å²) < 4.78 is 18.7. The number of aliphatic imine (C=N–C) groups is 1. The summed E-state index contributed by atoms with van der Waals surface area (Å²) in [5, 5.41) is 6.20. The first-order valence-corrected chi connectivity index (χ1v) is 11.0. The second-order valence-electron chi connectivity index (χ2n) is 7.54. The van der Waals surface area contributed by atoms with Gasteiger partial charge in [-0.05, 0) is 36.8 Å². The number of guanidine groups is 1. The summed E-state index contributed by atoms with van der Waals surface area (Å²) in [6, 6.07) is 14.2. The highest BCUT2D eigenvalue weighted by atomic mass is 19.1. The fraction of sp³-hybridized carbons (Fsp3) is 0.417. The summed E-state index contributed by atoms with van der Waals surface area (Å²) in [6.45, 7) is 7.16. The third-order valence-electron chi connectivity index (χ3n) is 5.29. The normalized spacial score (nSPS) is 14.3. The number of methoxy groups -OCH3 is 1. The Labute approximate surface area is 189 Å². The van der Waals surface area contributed by atoms with Crippen molar-refractivity contribution in [2.24, 2.45) is 4.99 Å².